The summed E-state index contributed by atoms with van der Waals surface area (Å²) in [5, 5.41) is 10.2. The summed E-state index contributed by atoms with van der Waals surface area (Å²) in [6.45, 7) is 4.93. The molecular weight excluding hydrogens is 402 g/mol. The lowest BCUT2D eigenvalue weighted by Gasteiger charge is -2.42. The molecule has 2 atom stereocenters. The van der Waals surface area contributed by atoms with Crippen LogP contribution in [0.5, 0.6) is 0 Å². The highest BCUT2D eigenvalue weighted by atomic mass is 16.5. The molecule has 166 valence electrons. The Kier molecular flexibility index (Phi) is 6.48. The number of carbonyl (C=O) groups is 1. The summed E-state index contributed by atoms with van der Waals surface area (Å²) in [5.74, 6) is 0. The van der Waals surface area contributed by atoms with Crippen LogP contribution < -0.4 is 10.8 Å². The molecule has 7 nitrogen and oxygen atoms in total. The first-order valence-corrected chi connectivity index (χ1v) is 10.9. The number of rotatable bonds is 5. The van der Waals surface area contributed by atoms with Gasteiger partial charge < -0.3 is 5.73 Å². The summed E-state index contributed by atoms with van der Waals surface area (Å²) < 4.78 is 0. The van der Waals surface area contributed by atoms with Crippen LogP contribution in [0.3, 0.4) is 0 Å². The molecule has 0 unspecified atom stereocenters. The van der Waals surface area contributed by atoms with Crippen molar-refractivity contribution in [2.24, 2.45) is 5.73 Å². The maximum atomic E-state index is 11.2. The molecule has 0 bridgehead atoms. The minimum atomic E-state index is -0.912. The van der Waals surface area contributed by atoms with E-state index in [0.717, 1.165) is 36.2 Å². The molecular formula is C25H29N5O2. The lowest BCUT2D eigenvalue weighted by atomic mass is 9.88. The normalized spacial score (nSPS) is 19.0. The van der Waals surface area contributed by atoms with Crippen molar-refractivity contribution in [1.29, 1.82) is 0 Å². The standard InChI is InChI=1S/C25H29N5O2/c1-17-6-4-14-27-23(17)21-8-3-9-22(24-18(2)7-5-15-28-24)29(21)16-19-10-12-20(13-11-19)30(32)25(26)31/h4-7,10-15,21-22,32H,3,8-9,16H2,1-2H3,(H2,26,31)/t21-,22+. The van der Waals surface area contributed by atoms with Crippen molar-refractivity contribution in [3.63, 3.8) is 0 Å². The van der Waals surface area contributed by atoms with E-state index in [1.807, 2.05) is 36.7 Å². The molecule has 1 aliphatic rings. The van der Waals surface area contributed by atoms with Crippen LogP contribution in [0.25, 0.3) is 0 Å². The molecule has 7 heteroatoms. The van der Waals surface area contributed by atoms with E-state index in [2.05, 4.69) is 30.9 Å². The number of aryl methyl sites for hydroxylation is 2. The molecule has 1 aromatic carbocycles. The number of hydrogen-bond acceptors (Lipinski definition) is 5. The molecule has 1 aliphatic heterocycles. The van der Waals surface area contributed by atoms with E-state index in [1.165, 1.54) is 11.1 Å². The molecule has 3 aromatic rings. The number of carbonyl (C=O) groups excluding carboxylic acids is 1. The Balaban J connectivity index is 1.70. The van der Waals surface area contributed by atoms with Crippen LogP contribution in [-0.2, 0) is 6.54 Å². The number of amides is 2. The Morgan fingerprint density at radius 3 is 2.00 bits per heavy atom. The second-order valence-electron chi connectivity index (χ2n) is 8.36. The summed E-state index contributed by atoms with van der Waals surface area (Å²) in [6, 6.07) is 14.9. The Morgan fingerprint density at radius 1 is 1.00 bits per heavy atom. The average Bonchev–Trinajstić information content (AvgIpc) is 2.80. The molecule has 4 rings (SSSR count). The van der Waals surface area contributed by atoms with Crippen LogP contribution in [0.2, 0.25) is 0 Å². The van der Waals surface area contributed by atoms with Gasteiger partial charge in [-0.2, -0.15) is 5.06 Å². The first kappa shape index (κ1) is 21.9. The fourth-order valence-corrected chi connectivity index (χ4v) is 4.64. The number of pyridine rings is 2. The Hall–Kier alpha value is -3.29. The van der Waals surface area contributed by atoms with Crippen LogP contribution in [-0.4, -0.2) is 26.1 Å². The monoisotopic (exact) mass is 431 g/mol. The molecule has 32 heavy (non-hydrogen) atoms. The van der Waals surface area contributed by atoms with Gasteiger partial charge in [0.05, 0.1) is 29.2 Å². The van der Waals surface area contributed by atoms with Gasteiger partial charge in [-0.15, -0.1) is 0 Å². The van der Waals surface area contributed by atoms with Gasteiger partial charge in [0.15, 0.2) is 0 Å². The van der Waals surface area contributed by atoms with E-state index in [-0.39, 0.29) is 12.1 Å². The van der Waals surface area contributed by atoms with Gasteiger partial charge in [-0.25, -0.2) is 4.79 Å². The third kappa shape index (κ3) is 4.49. The third-order valence-corrected chi connectivity index (χ3v) is 6.24. The van der Waals surface area contributed by atoms with E-state index < -0.39 is 6.03 Å². The van der Waals surface area contributed by atoms with E-state index in [9.17, 15) is 10.0 Å². The minimum Gasteiger partial charge on any atom is -0.349 e. The Morgan fingerprint density at radius 2 is 1.53 bits per heavy atom. The lowest BCUT2D eigenvalue weighted by molar-refractivity contribution is 0.0679. The number of urea groups is 1. The Bertz CT molecular complexity index is 1030. The number of nitrogens with two attached hydrogens (primary N) is 1. The molecule has 0 spiro atoms. The predicted molar refractivity (Wildman–Crippen MR) is 123 cm³/mol. The van der Waals surface area contributed by atoms with Crippen LogP contribution >= 0.6 is 0 Å². The fourth-order valence-electron chi connectivity index (χ4n) is 4.64. The summed E-state index contributed by atoms with van der Waals surface area (Å²) in [5.41, 5.74) is 11.2. The van der Waals surface area contributed by atoms with Crippen LogP contribution in [0.1, 0.15) is 59.4 Å². The van der Waals surface area contributed by atoms with Gasteiger partial charge in [0.1, 0.15) is 0 Å². The van der Waals surface area contributed by atoms with Gasteiger partial charge in [0, 0.05) is 18.9 Å². The second-order valence-corrected chi connectivity index (χ2v) is 8.36. The van der Waals surface area contributed by atoms with Gasteiger partial charge in [0.2, 0.25) is 0 Å². The van der Waals surface area contributed by atoms with Crippen molar-refractivity contribution in [3.8, 4) is 0 Å². The van der Waals surface area contributed by atoms with Gasteiger partial charge >= 0.3 is 6.03 Å². The predicted octanol–water partition coefficient (Wildman–Crippen LogP) is 4.84. The first-order chi connectivity index (χ1) is 15.5. The number of primary amides is 1. The van der Waals surface area contributed by atoms with E-state index >= 15 is 0 Å². The van der Waals surface area contributed by atoms with Crippen LogP contribution in [0, 0.1) is 13.8 Å². The quantitative estimate of drug-likeness (QED) is 0.445. The smallest absolute Gasteiger partial charge is 0.343 e. The molecule has 0 saturated carbocycles. The highest BCUT2D eigenvalue weighted by Gasteiger charge is 2.35. The van der Waals surface area contributed by atoms with Crippen molar-refractivity contribution in [3.05, 3.63) is 89.0 Å². The zero-order valence-electron chi connectivity index (χ0n) is 18.5. The number of anilines is 1. The number of hydrogen-bond donors (Lipinski definition) is 2. The van der Waals surface area contributed by atoms with Crippen LogP contribution in [0.4, 0.5) is 10.5 Å². The SMILES string of the molecule is Cc1cccnc1[C@H]1CCC[C@@H](c2ncccc2C)N1Cc1ccc(N(O)C(N)=O)cc1. The van der Waals surface area contributed by atoms with Crippen LogP contribution in [0.15, 0.2) is 60.9 Å². The summed E-state index contributed by atoms with van der Waals surface area (Å²) in [4.78, 5) is 23.2. The molecule has 0 aliphatic carbocycles. The molecule has 2 aromatic heterocycles. The summed E-state index contributed by atoms with van der Waals surface area (Å²) in [6.07, 6.45) is 6.90. The average molecular weight is 432 g/mol. The Labute approximate surface area is 188 Å². The highest BCUT2D eigenvalue weighted by Crippen LogP contribution is 2.43. The van der Waals surface area contributed by atoms with Gasteiger partial charge in [-0.05, 0) is 74.1 Å². The van der Waals surface area contributed by atoms with Crippen molar-refractivity contribution in [1.82, 2.24) is 14.9 Å². The summed E-state index contributed by atoms with van der Waals surface area (Å²) in [7, 11) is 0. The lowest BCUT2D eigenvalue weighted by Crippen LogP contribution is -2.37. The first-order valence-electron chi connectivity index (χ1n) is 10.9. The molecule has 2 amide bonds. The summed E-state index contributed by atoms with van der Waals surface area (Å²) >= 11 is 0. The third-order valence-electron chi connectivity index (χ3n) is 6.24. The zero-order valence-corrected chi connectivity index (χ0v) is 18.5. The van der Waals surface area contributed by atoms with Crippen molar-refractivity contribution in [2.75, 3.05) is 5.06 Å². The van der Waals surface area contributed by atoms with Gasteiger partial charge in [-0.3, -0.25) is 20.1 Å². The number of piperidine rings is 1. The van der Waals surface area contributed by atoms with E-state index in [4.69, 9.17) is 15.7 Å². The van der Waals surface area contributed by atoms with Gasteiger partial charge in [-0.1, -0.05) is 24.3 Å². The molecule has 1 saturated heterocycles. The second kappa shape index (κ2) is 9.46. The largest absolute Gasteiger partial charge is 0.349 e. The number of benzene rings is 1. The maximum Gasteiger partial charge on any atom is 0.343 e. The minimum absolute atomic E-state index is 0.177. The van der Waals surface area contributed by atoms with E-state index in [1.54, 1.807) is 12.1 Å². The number of aromatic nitrogens is 2. The molecule has 3 heterocycles. The van der Waals surface area contributed by atoms with Crippen molar-refractivity contribution < 1.29 is 10.0 Å². The molecule has 0 radical (unpaired) electrons. The van der Waals surface area contributed by atoms with Gasteiger partial charge in [0.25, 0.3) is 0 Å². The maximum absolute atomic E-state index is 11.2. The van der Waals surface area contributed by atoms with Crippen molar-refractivity contribution in [2.45, 2.75) is 51.7 Å². The zero-order chi connectivity index (χ0) is 22.7. The number of hydroxylamine groups is 1. The number of nitrogens with zero attached hydrogens (tertiary/aromatic N) is 4. The highest BCUT2D eigenvalue weighted by molar-refractivity contribution is 5.87. The van der Waals surface area contributed by atoms with E-state index in [0.29, 0.717) is 17.3 Å². The fraction of sp³-hybridized carbons (Fsp3) is 0.320. The number of likely N-dealkylation sites (tertiary alicyclic amines) is 1. The molecule has 1 fully saturated rings. The molecule has 3 N–H and O–H groups in total. The topological polar surface area (TPSA) is 95.6 Å². The van der Waals surface area contributed by atoms with Crippen molar-refractivity contribution >= 4 is 11.7 Å².